The minimum Gasteiger partial charge on any atom is -0.457 e. The van der Waals surface area contributed by atoms with Gasteiger partial charge in [-0.3, -0.25) is 4.79 Å². The standard InChI is InChI=1S/C23H27NO4/c1-16-8-6-13-21(17(16)2)24-22(25)15-27-23(26)18-9-7-12-20(14-18)28-19-10-4-3-5-11-19/h3-5,7,9-12,14,16-17,21H,6,8,13,15H2,1-2H3,(H,24,25)/t16-,17-,21+/m1/s1. The molecule has 0 aromatic heterocycles. The highest BCUT2D eigenvalue weighted by molar-refractivity contribution is 5.91. The minimum absolute atomic E-state index is 0.151. The van der Waals surface area contributed by atoms with Gasteiger partial charge in [-0.05, 0) is 48.6 Å². The number of ether oxygens (including phenoxy) is 2. The summed E-state index contributed by atoms with van der Waals surface area (Å²) < 4.78 is 10.9. The van der Waals surface area contributed by atoms with E-state index in [4.69, 9.17) is 9.47 Å². The smallest absolute Gasteiger partial charge is 0.338 e. The summed E-state index contributed by atoms with van der Waals surface area (Å²) in [4.78, 5) is 24.5. The lowest BCUT2D eigenvalue weighted by Crippen LogP contribution is -2.45. The molecule has 1 aliphatic rings. The molecule has 28 heavy (non-hydrogen) atoms. The minimum atomic E-state index is -0.543. The SMILES string of the molecule is C[C@@H]1[C@H](C)CCC[C@@H]1NC(=O)COC(=O)c1cccc(Oc2ccccc2)c1. The Morgan fingerprint density at radius 2 is 1.75 bits per heavy atom. The fourth-order valence-corrected chi connectivity index (χ4v) is 3.56. The number of carbonyl (C=O) groups is 2. The molecule has 3 rings (SSSR count). The van der Waals surface area contributed by atoms with Crippen LogP contribution in [0.3, 0.4) is 0 Å². The van der Waals surface area contributed by atoms with E-state index in [0.717, 1.165) is 12.8 Å². The van der Waals surface area contributed by atoms with Gasteiger partial charge in [0.2, 0.25) is 0 Å². The Morgan fingerprint density at radius 1 is 1.00 bits per heavy atom. The van der Waals surface area contributed by atoms with Gasteiger partial charge in [-0.25, -0.2) is 4.79 Å². The van der Waals surface area contributed by atoms with E-state index in [1.807, 2.05) is 30.3 Å². The molecular formula is C23H27NO4. The van der Waals surface area contributed by atoms with Crippen molar-refractivity contribution < 1.29 is 19.1 Å². The van der Waals surface area contributed by atoms with Crippen LogP contribution in [0.1, 0.15) is 43.5 Å². The van der Waals surface area contributed by atoms with Gasteiger partial charge in [0.25, 0.3) is 5.91 Å². The molecular weight excluding hydrogens is 354 g/mol. The van der Waals surface area contributed by atoms with Crippen LogP contribution < -0.4 is 10.1 Å². The topological polar surface area (TPSA) is 64.6 Å². The normalized spacial score (nSPS) is 21.6. The van der Waals surface area contributed by atoms with Crippen molar-refractivity contribution in [3.8, 4) is 11.5 Å². The number of para-hydroxylation sites is 1. The predicted octanol–water partition coefficient (Wildman–Crippen LogP) is 4.58. The van der Waals surface area contributed by atoms with Crippen molar-refractivity contribution in [2.24, 2.45) is 11.8 Å². The van der Waals surface area contributed by atoms with Gasteiger partial charge in [-0.1, -0.05) is 51.0 Å². The summed E-state index contributed by atoms with van der Waals surface area (Å²) in [6, 6.07) is 16.2. The van der Waals surface area contributed by atoms with Crippen molar-refractivity contribution in [3.63, 3.8) is 0 Å². The lowest BCUT2D eigenvalue weighted by molar-refractivity contribution is -0.125. The largest absolute Gasteiger partial charge is 0.457 e. The number of hydrogen-bond donors (Lipinski definition) is 1. The molecule has 5 nitrogen and oxygen atoms in total. The zero-order chi connectivity index (χ0) is 19.9. The second-order valence-corrected chi connectivity index (χ2v) is 7.46. The van der Waals surface area contributed by atoms with Gasteiger partial charge >= 0.3 is 5.97 Å². The van der Waals surface area contributed by atoms with Gasteiger partial charge in [0.05, 0.1) is 5.56 Å². The molecule has 1 amide bonds. The van der Waals surface area contributed by atoms with Gasteiger partial charge in [0.1, 0.15) is 11.5 Å². The Bertz CT molecular complexity index is 805. The van der Waals surface area contributed by atoms with Crippen LogP contribution in [0.5, 0.6) is 11.5 Å². The number of hydrogen-bond acceptors (Lipinski definition) is 4. The molecule has 148 valence electrons. The third kappa shape index (κ3) is 5.35. The van der Waals surface area contributed by atoms with Crippen molar-refractivity contribution in [3.05, 3.63) is 60.2 Å². The monoisotopic (exact) mass is 381 g/mol. The molecule has 5 heteroatoms. The van der Waals surface area contributed by atoms with Crippen LogP contribution in [-0.2, 0) is 9.53 Å². The van der Waals surface area contributed by atoms with Crippen molar-refractivity contribution >= 4 is 11.9 Å². The fourth-order valence-electron chi connectivity index (χ4n) is 3.56. The highest BCUT2D eigenvalue weighted by atomic mass is 16.5. The lowest BCUT2D eigenvalue weighted by Gasteiger charge is -2.34. The first-order chi connectivity index (χ1) is 13.5. The Hall–Kier alpha value is -2.82. The van der Waals surface area contributed by atoms with E-state index in [-0.39, 0.29) is 18.6 Å². The van der Waals surface area contributed by atoms with Crippen molar-refractivity contribution in [1.29, 1.82) is 0 Å². The van der Waals surface area contributed by atoms with Crippen LogP contribution in [0.15, 0.2) is 54.6 Å². The first-order valence-corrected chi connectivity index (χ1v) is 9.82. The number of benzene rings is 2. The van der Waals surface area contributed by atoms with Crippen LogP contribution in [0.2, 0.25) is 0 Å². The summed E-state index contributed by atoms with van der Waals surface area (Å²) in [6.45, 7) is 4.10. The molecule has 0 radical (unpaired) electrons. The van der Waals surface area contributed by atoms with Gasteiger partial charge in [0, 0.05) is 6.04 Å². The quantitative estimate of drug-likeness (QED) is 0.744. The Kier molecular flexibility index (Phi) is 6.69. The average Bonchev–Trinajstić information content (AvgIpc) is 2.70. The summed E-state index contributed by atoms with van der Waals surface area (Å²) >= 11 is 0. The van der Waals surface area contributed by atoms with E-state index in [1.165, 1.54) is 6.42 Å². The molecule has 0 bridgehead atoms. The lowest BCUT2D eigenvalue weighted by atomic mass is 9.78. The summed E-state index contributed by atoms with van der Waals surface area (Å²) in [7, 11) is 0. The number of rotatable bonds is 6. The summed E-state index contributed by atoms with van der Waals surface area (Å²) in [5, 5.41) is 3.01. The van der Waals surface area contributed by atoms with Gasteiger partial charge in [0.15, 0.2) is 6.61 Å². The molecule has 1 saturated carbocycles. The maximum absolute atomic E-state index is 12.3. The molecule has 0 unspecified atom stereocenters. The summed E-state index contributed by atoms with van der Waals surface area (Å²) in [5.74, 6) is 1.45. The molecule has 0 spiro atoms. The van der Waals surface area contributed by atoms with Gasteiger partial charge in [-0.2, -0.15) is 0 Å². The molecule has 1 aliphatic carbocycles. The zero-order valence-corrected chi connectivity index (χ0v) is 16.4. The number of nitrogens with one attached hydrogen (secondary N) is 1. The van der Waals surface area contributed by atoms with Crippen molar-refractivity contribution in [2.45, 2.75) is 39.2 Å². The second-order valence-electron chi connectivity index (χ2n) is 7.46. The third-order valence-electron chi connectivity index (χ3n) is 5.44. The molecule has 2 aromatic carbocycles. The van der Waals surface area contributed by atoms with E-state index in [2.05, 4.69) is 19.2 Å². The maximum Gasteiger partial charge on any atom is 0.338 e. The Morgan fingerprint density at radius 3 is 2.54 bits per heavy atom. The van der Waals surface area contributed by atoms with Gasteiger partial charge < -0.3 is 14.8 Å². The number of amides is 1. The summed E-state index contributed by atoms with van der Waals surface area (Å²) in [6.07, 6.45) is 3.29. The molecule has 2 aromatic rings. The molecule has 1 N–H and O–H groups in total. The number of esters is 1. The third-order valence-corrected chi connectivity index (χ3v) is 5.44. The van der Waals surface area contributed by atoms with E-state index >= 15 is 0 Å². The average molecular weight is 381 g/mol. The first kappa shape index (κ1) is 19.9. The fraction of sp³-hybridized carbons (Fsp3) is 0.391. The van der Waals surface area contributed by atoms with Crippen molar-refractivity contribution in [1.82, 2.24) is 5.32 Å². The number of carbonyl (C=O) groups excluding carboxylic acids is 2. The van der Waals surface area contributed by atoms with Crippen LogP contribution in [0.25, 0.3) is 0 Å². The highest BCUT2D eigenvalue weighted by Gasteiger charge is 2.28. The van der Waals surface area contributed by atoms with Crippen LogP contribution in [-0.4, -0.2) is 24.5 Å². The van der Waals surface area contributed by atoms with Crippen molar-refractivity contribution in [2.75, 3.05) is 6.61 Å². The highest BCUT2D eigenvalue weighted by Crippen LogP contribution is 2.29. The summed E-state index contributed by atoms with van der Waals surface area (Å²) in [5.41, 5.74) is 0.348. The Balaban J connectivity index is 1.52. The molecule has 1 fully saturated rings. The maximum atomic E-state index is 12.3. The van der Waals surface area contributed by atoms with Crippen LogP contribution in [0.4, 0.5) is 0 Å². The predicted molar refractivity (Wildman–Crippen MR) is 107 cm³/mol. The van der Waals surface area contributed by atoms with E-state index < -0.39 is 5.97 Å². The van der Waals surface area contributed by atoms with Crippen LogP contribution >= 0.6 is 0 Å². The first-order valence-electron chi connectivity index (χ1n) is 9.82. The Labute approximate surface area is 166 Å². The zero-order valence-electron chi connectivity index (χ0n) is 16.4. The van der Waals surface area contributed by atoms with E-state index in [9.17, 15) is 9.59 Å². The van der Waals surface area contributed by atoms with Gasteiger partial charge in [-0.15, -0.1) is 0 Å². The molecule has 3 atom stereocenters. The van der Waals surface area contributed by atoms with Crippen LogP contribution in [0, 0.1) is 11.8 Å². The molecule has 0 aliphatic heterocycles. The second kappa shape index (κ2) is 9.40. The molecule has 0 heterocycles. The van der Waals surface area contributed by atoms with E-state index in [1.54, 1.807) is 24.3 Å². The van der Waals surface area contributed by atoms with E-state index in [0.29, 0.717) is 28.9 Å². The molecule has 0 saturated heterocycles.